The van der Waals surface area contributed by atoms with E-state index < -0.39 is 9.84 Å². The molecule has 0 aromatic carbocycles. The largest absolute Gasteiger partial charge is 0.409 e. The number of nitrogens with two attached hydrogens (primary N) is 1. The van der Waals surface area contributed by atoms with Gasteiger partial charge >= 0.3 is 0 Å². The van der Waals surface area contributed by atoms with E-state index in [9.17, 15) is 8.42 Å². The predicted molar refractivity (Wildman–Crippen MR) is 73.6 cm³/mol. The van der Waals surface area contributed by atoms with Gasteiger partial charge in [0.25, 0.3) is 0 Å². The van der Waals surface area contributed by atoms with Crippen LogP contribution in [0.3, 0.4) is 0 Å². The van der Waals surface area contributed by atoms with Crippen molar-refractivity contribution in [1.82, 2.24) is 5.32 Å². The average Bonchev–Trinajstić information content (AvgIpc) is 2.25. The van der Waals surface area contributed by atoms with E-state index in [-0.39, 0.29) is 17.0 Å². The topological polar surface area (TPSA) is 105 Å². The first-order valence-electron chi connectivity index (χ1n) is 6.05. The third kappa shape index (κ3) is 8.30. The normalized spacial score (nSPS) is 13.8. The van der Waals surface area contributed by atoms with Gasteiger partial charge in [-0.1, -0.05) is 25.4 Å². The molecule has 0 bridgehead atoms. The van der Waals surface area contributed by atoms with Crippen molar-refractivity contribution < 1.29 is 13.6 Å². The van der Waals surface area contributed by atoms with Crippen molar-refractivity contribution >= 4 is 15.7 Å². The lowest BCUT2D eigenvalue weighted by Crippen LogP contribution is -2.32. The van der Waals surface area contributed by atoms with Gasteiger partial charge in [0.2, 0.25) is 0 Å². The van der Waals surface area contributed by atoms with Crippen LogP contribution < -0.4 is 11.1 Å². The van der Waals surface area contributed by atoms with Crippen molar-refractivity contribution in [2.45, 2.75) is 33.1 Å². The van der Waals surface area contributed by atoms with E-state index in [1.807, 2.05) is 13.8 Å². The van der Waals surface area contributed by atoms with Crippen LogP contribution in [-0.2, 0) is 9.84 Å². The Morgan fingerprint density at radius 1 is 1.33 bits per heavy atom. The van der Waals surface area contributed by atoms with Gasteiger partial charge in [0.05, 0.1) is 5.75 Å². The van der Waals surface area contributed by atoms with Gasteiger partial charge in [-0.15, -0.1) is 0 Å². The highest BCUT2D eigenvalue weighted by atomic mass is 32.2. The number of nitrogens with zero attached hydrogens (tertiary/aromatic N) is 1. The predicted octanol–water partition coefficient (Wildman–Crippen LogP) is 0.564. The Morgan fingerprint density at radius 2 is 1.94 bits per heavy atom. The number of rotatable bonds is 9. The lowest BCUT2D eigenvalue weighted by Gasteiger charge is -2.22. The second kappa shape index (κ2) is 7.58. The number of oxime groups is 1. The quantitative estimate of drug-likeness (QED) is 0.188. The fourth-order valence-corrected chi connectivity index (χ4v) is 1.98. The van der Waals surface area contributed by atoms with E-state index in [1.165, 1.54) is 6.26 Å². The second-order valence-electron chi connectivity index (χ2n) is 5.21. The highest BCUT2D eigenvalue weighted by Crippen LogP contribution is 2.22. The molecule has 0 spiro atoms. The fourth-order valence-electron chi connectivity index (χ4n) is 1.46. The Balaban J connectivity index is 3.64. The number of amidine groups is 1. The summed E-state index contributed by atoms with van der Waals surface area (Å²) in [6.45, 7) is 5.13. The number of hydrogen-bond donors (Lipinski definition) is 3. The molecule has 0 aliphatic carbocycles. The van der Waals surface area contributed by atoms with Gasteiger partial charge in [-0.25, -0.2) is 8.42 Å². The van der Waals surface area contributed by atoms with Crippen molar-refractivity contribution in [2.24, 2.45) is 16.3 Å². The molecular weight excluding hydrogens is 254 g/mol. The van der Waals surface area contributed by atoms with Crippen LogP contribution in [0.15, 0.2) is 5.16 Å². The zero-order valence-corrected chi connectivity index (χ0v) is 12.3. The Bertz CT molecular complexity index is 364. The van der Waals surface area contributed by atoms with Gasteiger partial charge in [0, 0.05) is 18.2 Å². The van der Waals surface area contributed by atoms with Gasteiger partial charge in [0.1, 0.15) is 15.7 Å². The van der Waals surface area contributed by atoms with Crippen molar-refractivity contribution in [3.05, 3.63) is 0 Å². The molecule has 0 aliphatic heterocycles. The maximum Gasteiger partial charge on any atom is 0.148 e. The molecular formula is C11H25N3O3S. The summed E-state index contributed by atoms with van der Waals surface area (Å²) in [5.74, 6) is 0.412. The highest BCUT2D eigenvalue weighted by Gasteiger charge is 2.22. The monoisotopic (exact) mass is 279 g/mol. The Morgan fingerprint density at radius 3 is 2.44 bits per heavy atom. The first kappa shape index (κ1) is 17.2. The number of hydrogen-bond acceptors (Lipinski definition) is 5. The first-order chi connectivity index (χ1) is 8.19. The summed E-state index contributed by atoms with van der Waals surface area (Å²) < 4.78 is 21.7. The molecule has 0 heterocycles. The summed E-state index contributed by atoms with van der Waals surface area (Å²) in [5.41, 5.74) is 5.27. The van der Waals surface area contributed by atoms with Gasteiger partial charge < -0.3 is 16.3 Å². The van der Waals surface area contributed by atoms with Crippen LogP contribution in [-0.4, -0.2) is 44.6 Å². The van der Waals surface area contributed by atoms with E-state index in [0.29, 0.717) is 6.54 Å². The van der Waals surface area contributed by atoms with Crippen LogP contribution in [0.25, 0.3) is 0 Å². The molecule has 4 N–H and O–H groups in total. The molecule has 0 atom stereocenters. The summed E-state index contributed by atoms with van der Waals surface area (Å²) in [6, 6.07) is 0. The molecule has 18 heavy (non-hydrogen) atoms. The molecule has 7 heteroatoms. The number of nitrogens with one attached hydrogen (secondary N) is 1. The van der Waals surface area contributed by atoms with Crippen molar-refractivity contribution in [1.29, 1.82) is 0 Å². The molecule has 0 rings (SSSR count). The maximum absolute atomic E-state index is 10.9. The van der Waals surface area contributed by atoms with Gasteiger partial charge in [-0.3, -0.25) is 0 Å². The summed E-state index contributed by atoms with van der Waals surface area (Å²) >= 11 is 0. The third-order valence-corrected chi connectivity index (χ3v) is 3.80. The van der Waals surface area contributed by atoms with Crippen molar-refractivity contribution in [3.8, 4) is 0 Å². The SMILES string of the molecule is CC(C)(CCCCNCCS(C)(=O)=O)C(N)=NO. The van der Waals surface area contributed by atoms with E-state index in [0.717, 1.165) is 25.8 Å². The van der Waals surface area contributed by atoms with Gasteiger partial charge in [-0.05, 0) is 19.4 Å². The fraction of sp³-hybridized carbons (Fsp3) is 0.909. The molecule has 108 valence electrons. The Labute approximate surface area is 110 Å². The molecule has 0 aliphatic rings. The summed E-state index contributed by atoms with van der Waals surface area (Å²) in [5, 5.41) is 14.7. The Hall–Kier alpha value is -0.820. The molecule has 0 aromatic rings. The first-order valence-corrected chi connectivity index (χ1v) is 8.11. The number of sulfone groups is 1. The Kier molecular flexibility index (Phi) is 7.23. The van der Waals surface area contributed by atoms with Gasteiger partial charge in [-0.2, -0.15) is 0 Å². The van der Waals surface area contributed by atoms with Gasteiger partial charge in [0.15, 0.2) is 0 Å². The molecule has 0 radical (unpaired) electrons. The maximum atomic E-state index is 10.9. The standard InChI is InChI=1S/C11H25N3O3S/c1-11(2,10(12)14-15)6-4-5-7-13-8-9-18(3,16)17/h13,15H,4-9H2,1-3H3,(H2,12,14). The van der Waals surface area contributed by atoms with Crippen LogP contribution in [0.4, 0.5) is 0 Å². The third-order valence-electron chi connectivity index (χ3n) is 2.86. The molecule has 0 aromatic heterocycles. The van der Waals surface area contributed by atoms with E-state index in [2.05, 4.69) is 10.5 Å². The van der Waals surface area contributed by atoms with E-state index in [1.54, 1.807) is 0 Å². The van der Waals surface area contributed by atoms with Crippen LogP contribution in [0.1, 0.15) is 33.1 Å². The van der Waals surface area contributed by atoms with Crippen molar-refractivity contribution in [2.75, 3.05) is 25.1 Å². The van der Waals surface area contributed by atoms with E-state index >= 15 is 0 Å². The minimum absolute atomic E-state index is 0.169. The molecule has 6 nitrogen and oxygen atoms in total. The lowest BCUT2D eigenvalue weighted by molar-refractivity contribution is 0.304. The average molecular weight is 279 g/mol. The molecule has 0 amide bonds. The second-order valence-corrected chi connectivity index (χ2v) is 7.47. The minimum atomic E-state index is -2.88. The van der Waals surface area contributed by atoms with Crippen LogP contribution in [0.5, 0.6) is 0 Å². The van der Waals surface area contributed by atoms with E-state index in [4.69, 9.17) is 10.9 Å². The summed E-state index contributed by atoms with van der Waals surface area (Å²) in [7, 11) is -2.88. The smallest absolute Gasteiger partial charge is 0.148 e. The summed E-state index contributed by atoms with van der Waals surface area (Å²) in [6.07, 6.45) is 3.94. The zero-order chi connectivity index (χ0) is 14.2. The molecule has 0 fully saturated rings. The van der Waals surface area contributed by atoms with Crippen LogP contribution in [0, 0.1) is 5.41 Å². The van der Waals surface area contributed by atoms with Crippen LogP contribution in [0.2, 0.25) is 0 Å². The highest BCUT2D eigenvalue weighted by molar-refractivity contribution is 7.90. The molecule has 0 saturated heterocycles. The van der Waals surface area contributed by atoms with Crippen LogP contribution >= 0.6 is 0 Å². The number of unbranched alkanes of at least 4 members (excludes halogenated alkanes) is 1. The minimum Gasteiger partial charge on any atom is -0.409 e. The lowest BCUT2D eigenvalue weighted by atomic mass is 9.86. The zero-order valence-electron chi connectivity index (χ0n) is 11.4. The van der Waals surface area contributed by atoms with Crippen molar-refractivity contribution in [3.63, 3.8) is 0 Å². The molecule has 0 unspecified atom stereocenters. The summed E-state index contributed by atoms with van der Waals surface area (Å²) in [4.78, 5) is 0. The molecule has 0 saturated carbocycles.